The molecule has 116 valence electrons. The molecule has 1 unspecified atom stereocenters. The Bertz CT molecular complexity index is 745. The topological polar surface area (TPSA) is 122 Å². The molecule has 1 aromatic heterocycles. The number of pyridine rings is 1. The third-order valence-corrected chi connectivity index (χ3v) is 4.42. The van der Waals surface area contributed by atoms with E-state index in [2.05, 4.69) is 9.71 Å². The number of rotatable bonds is 6. The average Bonchev–Trinajstić information content (AvgIpc) is 2.49. The summed E-state index contributed by atoms with van der Waals surface area (Å²) in [7, 11) is -3.95. The third-order valence-electron chi connectivity index (χ3n) is 2.96. The van der Waals surface area contributed by atoms with Gasteiger partial charge in [-0.05, 0) is 36.2 Å². The van der Waals surface area contributed by atoms with E-state index in [-0.39, 0.29) is 11.3 Å². The average molecular weight is 321 g/mol. The lowest BCUT2D eigenvalue weighted by Gasteiger charge is -2.15. The lowest BCUT2D eigenvalue weighted by atomic mass is 10.1. The van der Waals surface area contributed by atoms with Gasteiger partial charge in [0.15, 0.2) is 0 Å². The van der Waals surface area contributed by atoms with Gasteiger partial charge in [0.25, 0.3) is 0 Å². The van der Waals surface area contributed by atoms with E-state index < -0.39 is 22.0 Å². The van der Waals surface area contributed by atoms with E-state index in [1.165, 1.54) is 18.3 Å². The van der Waals surface area contributed by atoms with E-state index in [4.69, 9.17) is 5.73 Å². The van der Waals surface area contributed by atoms with Gasteiger partial charge in [-0.3, -0.25) is 9.78 Å². The van der Waals surface area contributed by atoms with Gasteiger partial charge in [0, 0.05) is 18.1 Å². The maximum Gasteiger partial charge on any atom is 0.322 e. The second-order valence-corrected chi connectivity index (χ2v) is 6.36. The quantitative estimate of drug-likeness (QED) is 0.671. The smallest absolute Gasteiger partial charge is 0.322 e. The highest BCUT2D eigenvalue weighted by Crippen LogP contribution is 2.11. The predicted octanol–water partition coefficient (Wildman–Crippen LogP) is 0.638. The minimum Gasteiger partial charge on any atom is -0.480 e. The van der Waals surface area contributed by atoms with E-state index in [0.29, 0.717) is 11.3 Å². The molecule has 0 aliphatic heterocycles. The molecular weight excluding hydrogens is 306 g/mol. The minimum atomic E-state index is -3.95. The molecule has 4 N–H and O–H groups in total. The maximum absolute atomic E-state index is 12.2. The highest BCUT2D eigenvalue weighted by atomic mass is 32.2. The number of hydrogen-bond acceptors (Lipinski definition) is 5. The van der Waals surface area contributed by atoms with Gasteiger partial charge in [0.2, 0.25) is 10.0 Å². The van der Waals surface area contributed by atoms with Crippen molar-refractivity contribution in [2.45, 2.75) is 17.4 Å². The number of carbonyl (C=O) groups is 1. The maximum atomic E-state index is 12.2. The van der Waals surface area contributed by atoms with Gasteiger partial charge in [0.1, 0.15) is 10.9 Å². The predicted molar refractivity (Wildman–Crippen MR) is 80.5 cm³/mol. The van der Waals surface area contributed by atoms with E-state index in [9.17, 15) is 18.3 Å². The Morgan fingerprint density at radius 2 is 1.95 bits per heavy atom. The minimum absolute atomic E-state index is 0.00903. The molecule has 0 amide bonds. The number of nitrogen functional groups attached to an aromatic ring is 1. The number of anilines is 1. The van der Waals surface area contributed by atoms with E-state index in [1.807, 2.05) is 0 Å². The van der Waals surface area contributed by atoms with Crippen LogP contribution >= 0.6 is 0 Å². The first-order valence-corrected chi connectivity index (χ1v) is 7.86. The molecule has 7 nitrogen and oxygen atoms in total. The lowest BCUT2D eigenvalue weighted by molar-refractivity contribution is -0.138. The molecule has 0 bridgehead atoms. The molecule has 1 heterocycles. The Hall–Kier alpha value is -2.45. The number of nitrogens with one attached hydrogen (secondary N) is 1. The summed E-state index contributed by atoms with van der Waals surface area (Å²) in [5.41, 5.74) is 6.77. The van der Waals surface area contributed by atoms with Crippen molar-refractivity contribution < 1.29 is 18.3 Å². The Morgan fingerprint density at radius 3 is 2.50 bits per heavy atom. The molecule has 2 aromatic rings. The molecule has 1 atom stereocenters. The van der Waals surface area contributed by atoms with Crippen LogP contribution in [-0.2, 0) is 21.2 Å². The number of sulfonamides is 1. The summed E-state index contributed by atoms with van der Waals surface area (Å²) in [6.45, 7) is 0. The first-order chi connectivity index (χ1) is 10.4. The third kappa shape index (κ3) is 4.03. The van der Waals surface area contributed by atoms with Crippen molar-refractivity contribution in [3.8, 4) is 0 Å². The summed E-state index contributed by atoms with van der Waals surface area (Å²) in [6.07, 6.45) is 2.60. The number of nitrogens with zero attached hydrogens (tertiary/aromatic N) is 1. The second-order valence-electron chi connectivity index (χ2n) is 4.65. The zero-order chi connectivity index (χ0) is 16.2. The Kier molecular flexibility index (Phi) is 4.74. The fourth-order valence-corrected chi connectivity index (χ4v) is 2.98. The van der Waals surface area contributed by atoms with Crippen LogP contribution in [0.1, 0.15) is 5.56 Å². The molecule has 1 aromatic carbocycles. The summed E-state index contributed by atoms with van der Waals surface area (Å²) in [5, 5.41) is 9.23. The Balaban J connectivity index is 2.19. The van der Waals surface area contributed by atoms with Crippen molar-refractivity contribution in [3.05, 3.63) is 54.4 Å². The number of hydrogen-bond donors (Lipinski definition) is 3. The van der Waals surface area contributed by atoms with Gasteiger partial charge in [-0.1, -0.05) is 12.1 Å². The largest absolute Gasteiger partial charge is 0.480 e. The first-order valence-electron chi connectivity index (χ1n) is 6.38. The fraction of sp³-hybridized carbons (Fsp3) is 0.143. The molecule has 0 aliphatic rings. The van der Waals surface area contributed by atoms with Crippen LogP contribution in [0.3, 0.4) is 0 Å². The van der Waals surface area contributed by atoms with E-state index in [1.54, 1.807) is 24.3 Å². The highest BCUT2D eigenvalue weighted by molar-refractivity contribution is 7.89. The van der Waals surface area contributed by atoms with Crippen LogP contribution in [-0.4, -0.2) is 30.5 Å². The Morgan fingerprint density at radius 1 is 1.27 bits per heavy atom. The number of benzene rings is 1. The van der Waals surface area contributed by atoms with Crippen LogP contribution < -0.4 is 10.5 Å². The zero-order valence-corrected chi connectivity index (χ0v) is 12.3. The molecule has 0 spiro atoms. The summed E-state index contributed by atoms with van der Waals surface area (Å²) in [4.78, 5) is 14.9. The molecule has 0 radical (unpaired) electrons. The van der Waals surface area contributed by atoms with Crippen molar-refractivity contribution >= 4 is 21.7 Å². The number of aliphatic carboxylic acids is 1. The number of carboxylic acid groups (broad SMARTS) is 1. The molecule has 0 aliphatic carbocycles. The van der Waals surface area contributed by atoms with Gasteiger partial charge in [-0.25, -0.2) is 8.42 Å². The SMILES string of the molecule is Nc1ccc(CC(NS(=O)(=O)c2cccnc2)C(=O)O)cc1. The Labute approximate surface area is 127 Å². The van der Waals surface area contributed by atoms with Crippen molar-refractivity contribution in [2.75, 3.05) is 5.73 Å². The zero-order valence-electron chi connectivity index (χ0n) is 11.5. The first kappa shape index (κ1) is 15.9. The number of aromatic nitrogens is 1. The molecule has 8 heteroatoms. The summed E-state index contributed by atoms with van der Waals surface area (Å²) in [5.74, 6) is -1.26. The number of nitrogens with two attached hydrogens (primary N) is 1. The molecule has 0 saturated carbocycles. The van der Waals surface area contributed by atoms with Crippen LogP contribution in [0.2, 0.25) is 0 Å². The highest BCUT2D eigenvalue weighted by Gasteiger charge is 2.25. The van der Waals surface area contributed by atoms with Gasteiger partial charge in [-0.15, -0.1) is 0 Å². The van der Waals surface area contributed by atoms with Crippen LogP contribution in [0.4, 0.5) is 5.69 Å². The van der Waals surface area contributed by atoms with Crippen molar-refractivity contribution in [1.82, 2.24) is 9.71 Å². The van der Waals surface area contributed by atoms with Gasteiger partial charge < -0.3 is 10.8 Å². The normalized spacial score (nSPS) is 12.7. The number of carboxylic acids is 1. The van der Waals surface area contributed by atoms with Crippen molar-refractivity contribution in [3.63, 3.8) is 0 Å². The van der Waals surface area contributed by atoms with Crippen LogP contribution in [0, 0.1) is 0 Å². The monoisotopic (exact) mass is 321 g/mol. The summed E-state index contributed by atoms with van der Waals surface area (Å²) >= 11 is 0. The second kappa shape index (κ2) is 6.54. The van der Waals surface area contributed by atoms with E-state index >= 15 is 0 Å². The summed E-state index contributed by atoms with van der Waals surface area (Å²) in [6, 6.07) is 8.09. The van der Waals surface area contributed by atoms with E-state index in [0.717, 1.165) is 6.20 Å². The molecule has 2 rings (SSSR count). The van der Waals surface area contributed by atoms with Gasteiger partial charge >= 0.3 is 5.97 Å². The van der Waals surface area contributed by atoms with Crippen LogP contribution in [0.5, 0.6) is 0 Å². The van der Waals surface area contributed by atoms with Gasteiger partial charge in [-0.2, -0.15) is 4.72 Å². The molecule has 22 heavy (non-hydrogen) atoms. The molecule has 0 fully saturated rings. The molecular formula is C14H15N3O4S. The van der Waals surface area contributed by atoms with Crippen LogP contribution in [0.15, 0.2) is 53.7 Å². The standard InChI is InChI=1S/C14H15N3O4S/c15-11-5-3-10(4-6-11)8-13(14(18)19)17-22(20,21)12-2-1-7-16-9-12/h1-7,9,13,17H,8,15H2,(H,18,19). The fourth-order valence-electron chi connectivity index (χ4n) is 1.83. The van der Waals surface area contributed by atoms with Crippen LogP contribution in [0.25, 0.3) is 0 Å². The lowest BCUT2D eigenvalue weighted by Crippen LogP contribution is -2.42. The van der Waals surface area contributed by atoms with Crippen molar-refractivity contribution in [1.29, 1.82) is 0 Å². The van der Waals surface area contributed by atoms with Gasteiger partial charge in [0.05, 0.1) is 0 Å². The van der Waals surface area contributed by atoms with Crippen molar-refractivity contribution in [2.24, 2.45) is 0 Å². The molecule has 0 saturated heterocycles. The summed E-state index contributed by atoms with van der Waals surface area (Å²) < 4.78 is 26.5.